The molecule has 2 heterocycles. The number of hydrogen-bond donors (Lipinski definition) is 2. The fourth-order valence-electron chi connectivity index (χ4n) is 1.61. The van der Waals surface area contributed by atoms with Crippen LogP contribution in [0.3, 0.4) is 0 Å². The van der Waals surface area contributed by atoms with Gasteiger partial charge in [-0.25, -0.2) is 4.98 Å². The van der Waals surface area contributed by atoms with Crippen LogP contribution in [0.1, 0.15) is 42.1 Å². The van der Waals surface area contributed by atoms with E-state index in [1.807, 2.05) is 6.92 Å². The fourth-order valence-corrected chi connectivity index (χ4v) is 1.85. The van der Waals surface area contributed by atoms with E-state index in [1.54, 1.807) is 18.3 Å². The van der Waals surface area contributed by atoms with Crippen molar-refractivity contribution in [1.82, 2.24) is 30.9 Å². The minimum Gasteiger partial charge on any atom is -0.341 e. The normalized spacial score (nSPS) is 12.1. The summed E-state index contributed by atoms with van der Waals surface area (Å²) in [6.45, 7) is 2.02. The topological polar surface area (TPSA) is 96.5 Å². The Morgan fingerprint density at radius 1 is 1.53 bits per heavy atom. The van der Waals surface area contributed by atoms with Gasteiger partial charge in [-0.15, -0.1) is 10.2 Å². The van der Waals surface area contributed by atoms with Gasteiger partial charge in [-0.3, -0.25) is 4.79 Å². The zero-order valence-corrected chi connectivity index (χ0v) is 11.9. The molecule has 0 saturated carbocycles. The number of nitrogens with one attached hydrogen (secondary N) is 2. The SMILES string of the molecule is CCC[C@@H](NC(=O)c1ccc(Br)cn1)c1nn[nH]n1. The molecule has 0 unspecified atom stereocenters. The predicted molar refractivity (Wildman–Crippen MR) is 71.2 cm³/mol. The monoisotopic (exact) mass is 324 g/mol. The maximum atomic E-state index is 12.1. The summed E-state index contributed by atoms with van der Waals surface area (Å²) < 4.78 is 0.826. The van der Waals surface area contributed by atoms with Crippen LogP contribution < -0.4 is 5.32 Å². The lowest BCUT2D eigenvalue weighted by Gasteiger charge is -2.13. The van der Waals surface area contributed by atoms with Crippen molar-refractivity contribution in [1.29, 1.82) is 0 Å². The average Bonchev–Trinajstić information content (AvgIpc) is 2.92. The summed E-state index contributed by atoms with van der Waals surface area (Å²) in [6.07, 6.45) is 3.22. The van der Waals surface area contributed by atoms with Crippen LogP contribution in [0.5, 0.6) is 0 Å². The number of pyridine rings is 1. The van der Waals surface area contributed by atoms with Gasteiger partial charge in [0.2, 0.25) is 0 Å². The molecule has 2 N–H and O–H groups in total. The van der Waals surface area contributed by atoms with Gasteiger partial charge in [0.15, 0.2) is 5.82 Å². The van der Waals surface area contributed by atoms with Gasteiger partial charge in [-0.05, 0) is 34.5 Å². The number of halogens is 1. The third kappa shape index (κ3) is 3.57. The van der Waals surface area contributed by atoms with Crippen LogP contribution in [0.4, 0.5) is 0 Å². The number of hydrogen-bond acceptors (Lipinski definition) is 5. The lowest BCUT2D eigenvalue weighted by molar-refractivity contribution is 0.0927. The van der Waals surface area contributed by atoms with Gasteiger partial charge in [-0.1, -0.05) is 18.6 Å². The Bertz CT molecular complexity index is 527. The highest BCUT2D eigenvalue weighted by Gasteiger charge is 2.19. The molecule has 0 aliphatic rings. The van der Waals surface area contributed by atoms with Crippen molar-refractivity contribution < 1.29 is 4.79 Å². The number of rotatable bonds is 5. The van der Waals surface area contributed by atoms with Gasteiger partial charge in [0.05, 0.1) is 6.04 Å². The van der Waals surface area contributed by atoms with E-state index in [2.05, 4.69) is 46.9 Å². The standard InChI is InChI=1S/C11H13BrN6O/c1-2-3-8(10-15-17-18-16-10)14-11(19)9-5-4-7(12)6-13-9/h4-6,8H,2-3H2,1H3,(H,14,19)(H,15,16,17,18)/t8-/m1/s1. The number of tetrazole rings is 1. The summed E-state index contributed by atoms with van der Waals surface area (Å²) >= 11 is 3.28. The Morgan fingerprint density at radius 3 is 2.95 bits per heavy atom. The van der Waals surface area contributed by atoms with Gasteiger partial charge < -0.3 is 5.32 Å². The first-order valence-corrected chi connectivity index (χ1v) is 6.65. The highest BCUT2D eigenvalue weighted by molar-refractivity contribution is 9.10. The van der Waals surface area contributed by atoms with E-state index in [4.69, 9.17) is 0 Å². The van der Waals surface area contributed by atoms with Crippen LogP contribution in [-0.4, -0.2) is 31.5 Å². The van der Waals surface area contributed by atoms with E-state index in [-0.39, 0.29) is 11.9 Å². The van der Waals surface area contributed by atoms with Gasteiger partial charge in [0, 0.05) is 10.7 Å². The molecule has 2 aromatic rings. The Labute approximate surface area is 118 Å². The molecule has 100 valence electrons. The van der Waals surface area contributed by atoms with Crippen molar-refractivity contribution in [3.8, 4) is 0 Å². The first kappa shape index (κ1) is 13.6. The van der Waals surface area contributed by atoms with E-state index >= 15 is 0 Å². The number of nitrogens with zero attached hydrogens (tertiary/aromatic N) is 4. The second-order valence-electron chi connectivity index (χ2n) is 3.95. The van der Waals surface area contributed by atoms with Gasteiger partial charge in [-0.2, -0.15) is 5.21 Å². The van der Waals surface area contributed by atoms with E-state index in [0.29, 0.717) is 11.5 Å². The molecule has 0 fully saturated rings. The van der Waals surface area contributed by atoms with Gasteiger partial charge in [0.25, 0.3) is 5.91 Å². The molecule has 0 radical (unpaired) electrons. The number of aromatic nitrogens is 5. The van der Waals surface area contributed by atoms with Crippen molar-refractivity contribution in [2.24, 2.45) is 0 Å². The quantitative estimate of drug-likeness (QED) is 0.871. The van der Waals surface area contributed by atoms with Crippen molar-refractivity contribution in [3.63, 3.8) is 0 Å². The van der Waals surface area contributed by atoms with E-state index < -0.39 is 0 Å². The van der Waals surface area contributed by atoms with Crippen LogP contribution in [0, 0.1) is 0 Å². The Kier molecular flexibility index (Phi) is 4.56. The smallest absolute Gasteiger partial charge is 0.270 e. The number of aromatic amines is 1. The minimum absolute atomic E-state index is 0.254. The summed E-state index contributed by atoms with van der Waals surface area (Å²) in [6, 6.07) is 3.16. The average molecular weight is 325 g/mol. The maximum absolute atomic E-state index is 12.1. The number of amides is 1. The molecule has 7 nitrogen and oxygen atoms in total. The molecule has 0 aliphatic heterocycles. The van der Waals surface area contributed by atoms with Crippen LogP contribution in [0.15, 0.2) is 22.8 Å². The highest BCUT2D eigenvalue weighted by atomic mass is 79.9. The summed E-state index contributed by atoms with van der Waals surface area (Å²) in [4.78, 5) is 16.1. The number of carbonyl (C=O) groups is 1. The van der Waals surface area contributed by atoms with E-state index in [0.717, 1.165) is 17.3 Å². The van der Waals surface area contributed by atoms with Crippen LogP contribution in [0.25, 0.3) is 0 Å². The van der Waals surface area contributed by atoms with Crippen molar-refractivity contribution >= 4 is 21.8 Å². The van der Waals surface area contributed by atoms with Crippen molar-refractivity contribution in [3.05, 3.63) is 34.3 Å². The minimum atomic E-state index is -0.262. The summed E-state index contributed by atoms with van der Waals surface area (Å²) in [5.41, 5.74) is 0.354. The number of carbonyl (C=O) groups excluding carboxylic acids is 1. The second kappa shape index (κ2) is 6.37. The Balaban J connectivity index is 2.09. The van der Waals surface area contributed by atoms with E-state index in [1.165, 1.54) is 0 Å². The van der Waals surface area contributed by atoms with Crippen LogP contribution >= 0.6 is 15.9 Å². The molecule has 2 aromatic heterocycles. The van der Waals surface area contributed by atoms with Crippen molar-refractivity contribution in [2.75, 3.05) is 0 Å². The van der Waals surface area contributed by atoms with Gasteiger partial charge in [0.1, 0.15) is 5.69 Å². The highest BCUT2D eigenvalue weighted by Crippen LogP contribution is 2.14. The molecule has 8 heteroatoms. The van der Waals surface area contributed by atoms with Crippen molar-refractivity contribution in [2.45, 2.75) is 25.8 Å². The lowest BCUT2D eigenvalue weighted by atomic mass is 10.1. The molecular formula is C11H13BrN6O. The van der Waals surface area contributed by atoms with Crippen LogP contribution in [0.2, 0.25) is 0 Å². The Morgan fingerprint density at radius 2 is 2.37 bits per heavy atom. The van der Waals surface area contributed by atoms with Gasteiger partial charge >= 0.3 is 0 Å². The number of H-pyrrole nitrogens is 1. The molecule has 1 amide bonds. The fraction of sp³-hybridized carbons (Fsp3) is 0.364. The molecule has 0 spiro atoms. The second-order valence-corrected chi connectivity index (χ2v) is 4.86. The molecule has 0 bridgehead atoms. The first-order valence-electron chi connectivity index (χ1n) is 5.86. The molecule has 0 saturated heterocycles. The molecule has 19 heavy (non-hydrogen) atoms. The van der Waals surface area contributed by atoms with Crippen LogP contribution in [-0.2, 0) is 0 Å². The molecule has 0 aromatic carbocycles. The summed E-state index contributed by atoms with van der Waals surface area (Å²) in [7, 11) is 0. The molecule has 1 atom stereocenters. The predicted octanol–water partition coefficient (Wildman–Crippen LogP) is 1.63. The Hall–Kier alpha value is -1.83. The molecule has 0 aliphatic carbocycles. The molecule has 2 rings (SSSR count). The third-order valence-electron chi connectivity index (χ3n) is 2.52. The van der Waals surface area contributed by atoms with E-state index in [9.17, 15) is 4.79 Å². The molecular weight excluding hydrogens is 312 g/mol. The summed E-state index contributed by atoms with van der Waals surface area (Å²) in [5, 5.41) is 16.6. The lowest BCUT2D eigenvalue weighted by Crippen LogP contribution is -2.30. The largest absolute Gasteiger partial charge is 0.341 e. The third-order valence-corrected chi connectivity index (χ3v) is 2.99. The summed E-state index contributed by atoms with van der Waals surface area (Å²) in [5.74, 6) is 0.225. The zero-order chi connectivity index (χ0) is 13.7. The first-order chi connectivity index (χ1) is 9.20. The maximum Gasteiger partial charge on any atom is 0.270 e. The zero-order valence-electron chi connectivity index (χ0n) is 10.3.